The van der Waals surface area contributed by atoms with E-state index in [1.54, 1.807) is 5.38 Å². The molecule has 0 atom stereocenters. The van der Waals surface area contributed by atoms with E-state index in [2.05, 4.69) is 56.7 Å². The molecule has 4 rings (SSSR count). The first-order valence-corrected chi connectivity index (χ1v) is 10.8. The number of hydrogen-bond donors (Lipinski definition) is 1. The Morgan fingerprint density at radius 3 is 1.76 bits per heavy atom. The van der Waals surface area contributed by atoms with Crippen LogP contribution in [0.2, 0.25) is 0 Å². The summed E-state index contributed by atoms with van der Waals surface area (Å²) in [7, 11) is 1.28. The average molecular weight is 466 g/mol. The van der Waals surface area contributed by atoms with Gasteiger partial charge in [0.05, 0.1) is 5.97 Å². The third kappa shape index (κ3) is 5.17. The predicted octanol–water partition coefficient (Wildman–Crippen LogP) is 0.651. The Kier molecular flexibility index (Phi) is 8.41. The van der Waals surface area contributed by atoms with E-state index in [0.717, 1.165) is 16.7 Å². The molecule has 0 saturated carbocycles. The fraction of sp³-hybridized carbons (Fsp3) is 0.0800. The molecule has 1 aromatic heterocycles. The van der Waals surface area contributed by atoms with Crippen molar-refractivity contribution < 1.29 is 44.3 Å². The molecule has 1 heterocycles. The van der Waals surface area contributed by atoms with Crippen LogP contribution < -0.4 is 40.0 Å². The van der Waals surface area contributed by atoms with Crippen LogP contribution in [-0.4, -0.2) is 23.8 Å². The van der Waals surface area contributed by atoms with Crippen molar-refractivity contribution >= 4 is 28.1 Å². The van der Waals surface area contributed by atoms with Crippen molar-refractivity contribution in [3.63, 3.8) is 0 Å². The molecule has 0 amide bonds. The van der Waals surface area contributed by atoms with Gasteiger partial charge in [0.15, 0.2) is 10.8 Å². The van der Waals surface area contributed by atoms with Gasteiger partial charge in [0.2, 0.25) is 0 Å². The summed E-state index contributed by atoms with van der Waals surface area (Å²) < 4.78 is 0. The van der Waals surface area contributed by atoms with Crippen molar-refractivity contribution in [2.45, 2.75) is 5.54 Å². The number of hydrogen-bond acceptors (Lipinski definition) is 7. The minimum absolute atomic E-state index is 0. The normalized spacial score (nSPS) is 11.4. The van der Waals surface area contributed by atoms with Crippen LogP contribution in [0.4, 0.5) is 5.13 Å². The van der Waals surface area contributed by atoms with Crippen LogP contribution in [0.15, 0.2) is 102 Å². The number of thiazole rings is 1. The van der Waals surface area contributed by atoms with Crippen molar-refractivity contribution in [3.05, 3.63) is 119 Å². The number of aromatic nitrogens is 1. The van der Waals surface area contributed by atoms with Gasteiger partial charge in [-0.25, -0.2) is 4.98 Å². The zero-order valence-electron chi connectivity index (χ0n) is 18.3. The minimum Gasteiger partial charge on any atom is -0.543 e. The molecule has 3 aromatic carbocycles. The van der Waals surface area contributed by atoms with Gasteiger partial charge in [0.25, 0.3) is 0 Å². The first-order chi connectivity index (χ1) is 15.6. The Bertz CT molecular complexity index is 1120. The molecular weight excluding hydrogens is 445 g/mol. The second-order valence-corrected chi connectivity index (χ2v) is 7.78. The molecule has 1 N–H and O–H groups in total. The Morgan fingerprint density at radius 1 is 0.909 bits per heavy atom. The number of aliphatic carboxylic acids is 1. The smallest absolute Gasteiger partial charge is 0.543 e. The number of nitrogens with zero attached hydrogens (tertiary/aromatic N) is 2. The number of carbonyl (C=O) groups is 1. The molecule has 0 aliphatic carbocycles. The van der Waals surface area contributed by atoms with Gasteiger partial charge in [0.1, 0.15) is 18.3 Å². The van der Waals surface area contributed by atoms with E-state index in [1.807, 2.05) is 54.6 Å². The summed E-state index contributed by atoms with van der Waals surface area (Å²) in [6.45, 7) is 0. The van der Waals surface area contributed by atoms with Gasteiger partial charge in [-0.3, -0.25) is 0 Å². The van der Waals surface area contributed by atoms with E-state index < -0.39 is 11.5 Å². The summed E-state index contributed by atoms with van der Waals surface area (Å²) in [5, 5.41) is 20.8. The molecule has 0 spiro atoms. The minimum atomic E-state index is -1.45. The zero-order chi connectivity index (χ0) is 22.4. The molecule has 0 aliphatic heterocycles. The molecule has 6 nitrogen and oxygen atoms in total. The third-order valence-electron chi connectivity index (χ3n) is 5.04. The van der Waals surface area contributed by atoms with Gasteiger partial charge in [-0.15, -0.1) is 11.3 Å². The van der Waals surface area contributed by atoms with E-state index in [1.165, 1.54) is 18.4 Å². The number of anilines is 1. The third-order valence-corrected chi connectivity index (χ3v) is 5.80. The van der Waals surface area contributed by atoms with Gasteiger partial charge >= 0.3 is 29.6 Å². The van der Waals surface area contributed by atoms with Crippen LogP contribution in [0.3, 0.4) is 0 Å². The maximum atomic E-state index is 11.5. The molecule has 0 fully saturated rings. The maximum absolute atomic E-state index is 11.5. The molecule has 4 aromatic rings. The van der Waals surface area contributed by atoms with Crippen LogP contribution >= 0.6 is 11.3 Å². The van der Waals surface area contributed by atoms with Gasteiger partial charge in [0, 0.05) is 5.38 Å². The van der Waals surface area contributed by atoms with E-state index >= 15 is 0 Å². The number of rotatable bonds is 8. The first kappa shape index (κ1) is 24.7. The summed E-state index contributed by atoms with van der Waals surface area (Å²) >= 11 is 1.28. The van der Waals surface area contributed by atoms with E-state index in [0.29, 0.717) is 5.13 Å². The predicted molar refractivity (Wildman–Crippen MR) is 123 cm³/mol. The molecule has 33 heavy (non-hydrogen) atoms. The van der Waals surface area contributed by atoms with Crippen molar-refractivity contribution in [1.82, 2.24) is 4.98 Å². The molecule has 8 heteroatoms. The second-order valence-electron chi connectivity index (χ2n) is 6.92. The zero-order valence-corrected chi connectivity index (χ0v) is 21.1. The van der Waals surface area contributed by atoms with Crippen LogP contribution in [0.25, 0.3) is 0 Å². The Hall–Kier alpha value is -2.97. The summed E-state index contributed by atoms with van der Waals surface area (Å²) in [5.74, 6) is -1.45. The van der Waals surface area contributed by atoms with Crippen molar-refractivity contribution in [2.24, 2.45) is 5.16 Å². The maximum Gasteiger partial charge on any atom is 1.00 e. The summed E-state index contributed by atoms with van der Waals surface area (Å²) in [4.78, 5) is 20.6. The number of carbonyl (C=O) groups excluding carboxylic acids is 1. The number of carboxylic acid groups (broad SMARTS) is 1. The van der Waals surface area contributed by atoms with Crippen molar-refractivity contribution in [2.75, 3.05) is 12.4 Å². The fourth-order valence-electron chi connectivity index (χ4n) is 3.66. The standard InChI is InChI=1S/C25H21N3O3S.Na/c1-31-28-22(23(29)30)21-17-32-24(26-21)27-25(18-11-5-2-6-12-18,19-13-7-3-8-14-19)20-15-9-4-10-16-20;/h2-17H,1H3,(H,26,27)(H,29,30);/q;+1/p-1/b28-22+;. The Morgan fingerprint density at radius 2 is 1.36 bits per heavy atom. The van der Waals surface area contributed by atoms with Crippen molar-refractivity contribution in [3.8, 4) is 0 Å². The number of benzene rings is 3. The monoisotopic (exact) mass is 465 g/mol. The molecule has 0 unspecified atom stereocenters. The van der Waals surface area contributed by atoms with Crippen LogP contribution in [0.5, 0.6) is 0 Å². The number of carboxylic acids is 1. The largest absolute Gasteiger partial charge is 1.00 e. The SMILES string of the molecule is CO/N=C(/C(=O)[O-])c1csc(NC(c2ccccc2)(c2ccccc2)c2ccccc2)n1.[Na+]. The topological polar surface area (TPSA) is 86.6 Å². The van der Waals surface area contributed by atoms with Crippen LogP contribution in [0.1, 0.15) is 22.4 Å². The Balaban J connectivity index is 0.00000306. The molecule has 160 valence electrons. The molecule has 0 saturated heterocycles. The summed E-state index contributed by atoms with van der Waals surface area (Å²) in [6.07, 6.45) is 0. The van der Waals surface area contributed by atoms with Crippen LogP contribution in [0, 0.1) is 0 Å². The number of nitrogens with one attached hydrogen (secondary N) is 1. The van der Waals surface area contributed by atoms with E-state index in [4.69, 9.17) is 0 Å². The number of oxime groups is 1. The van der Waals surface area contributed by atoms with Crippen molar-refractivity contribution in [1.29, 1.82) is 0 Å². The van der Waals surface area contributed by atoms with E-state index in [9.17, 15) is 9.90 Å². The van der Waals surface area contributed by atoms with Gasteiger partial charge in [-0.05, 0) is 16.7 Å². The van der Waals surface area contributed by atoms with Gasteiger partial charge in [-0.1, -0.05) is 96.2 Å². The van der Waals surface area contributed by atoms with Crippen LogP contribution in [-0.2, 0) is 15.2 Å². The van der Waals surface area contributed by atoms with Gasteiger partial charge < -0.3 is 20.1 Å². The second kappa shape index (κ2) is 11.2. The Labute approximate surface area is 218 Å². The first-order valence-electron chi connectivity index (χ1n) is 9.88. The molecule has 0 aliphatic rings. The molecular formula is C25H20N3NaO3S. The summed E-state index contributed by atoms with van der Waals surface area (Å²) in [6, 6.07) is 30.2. The quantitative estimate of drug-likeness (QED) is 0.179. The molecule has 0 bridgehead atoms. The fourth-order valence-corrected chi connectivity index (χ4v) is 4.41. The van der Waals surface area contributed by atoms with Gasteiger partial charge in [-0.2, -0.15) is 0 Å². The van der Waals surface area contributed by atoms with E-state index in [-0.39, 0.29) is 41.0 Å². The average Bonchev–Trinajstić information content (AvgIpc) is 3.30. The summed E-state index contributed by atoms with van der Waals surface area (Å²) in [5.41, 5.74) is 2.09. The molecule has 0 radical (unpaired) electrons.